The van der Waals surface area contributed by atoms with Gasteiger partial charge in [-0.15, -0.1) is 0 Å². The number of aliphatic hydroxyl groups is 1. The zero-order valence-corrected chi connectivity index (χ0v) is 11.3. The Hall–Kier alpha value is 0.137. The van der Waals surface area contributed by atoms with Gasteiger partial charge in [0.2, 0.25) is 0 Å². The molecule has 2 fully saturated rings. The average Bonchev–Trinajstić information content (AvgIpc) is 2.83. The van der Waals surface area contributed by atoms with Gasteiger partial charge in [-0.1, -0.05) is 38.9 Å². The summed E-state index contributed by atoms with van der Waals surface area (Å²) in [5, 5.41) is 10.4. The third kappa shape index (κ3) is 2.83. The van der Waals surface area contributed by atoms with E-state index in [9.17, 15) is 5.11 Å². The van der Waals surface area contributed by atoms with E-state index in [4.69, 9.17) is 4.74 Å². The number of hydrogen-bond acceptors (Lipinski definition) is 2. The average molecular weight is 228 g/mol. The first-order chi connectivity index (χ1) is 6.91. The molecule has 15 heavy (non-hydrogen) atoms. The van der Waals surface area contributed by atoms with Gasteiger partial charge in [0.25, 0.3) is 0 Å². The lowest BCUT2D eigenvalue weighted by molar-refractivity contribution is -0.00951. The molecule has 2 atom stereocenters. The van der Waals surface area contributed by atoms with E-state index in [-0.39, 0.29) is 0 Å². The van der Waals surface area contributed by atoms with Gasteiger partial charge in [-0.3, -0.25) is 0 Å². The van der Waals surface area contributed by atoms with Crippen molar-refractivity contribution in [2.45, 2.75) is 75.6 Å². The summed E-state index contributed by atoms with van der Waals surface area (Å²) in [5.41, 5.74) is 0.112. The molecule has 1 heterocycles. The number of rotatable bonds is 3. The van der Waals surface area contributed by atoms with E-state index in [2.05, 4.69) is 19.6 Å². The van der Waals surface area contributed by atoms with Crippen LogP contribution >= 0.6 is 0 Å². The third-order valence-electron chi connectivity index (χ3n) is 3.80. The molecular weight excluding hydrogens is 204 g/mol. The molecule has 0 radical (unpaired) electrons. The van der Waals surface area contributed by atoms with Crippen LogP contribution in [0.4, 0.5) is 0 Å². The van der Waals surface area contributed by atoms with Gasteiger partial charge in [0, 0.05) is 6.42 Å². The maximum atomic E-state index is 10.4. The highest BCUT2D eigenvalue weighted by molar-refractivity contribution is 6.78. The molecule has 88 valence electrons. The third-order valence-corrected chi connectivity index (χ3v) is 6.02. The van der Waals surface area contributed by atoms with Crippen LogP contribution in [0.1, 0.15) is 38.5 Å². The van der Waals surface area contributed by atoms with E-state index < -0.39 is 13.7 Å². The fourth-order valence-corrected chi connectivity index (χ4v) is 4.66. The Morgan fingerprint density at radius 3 is 2.27 bits per heavy atom. The number of hydrogen-bond donors (Lipinski definition) is 1. The van der Waals surface area contributed by atoms with Crippen molar-refractivity contribution < 1.29 is 9.84 Å². The summed E-state index contributed by atoms with van der Waals surface area (Å²) in [6, 6.07) is 0. The monoisotopic (exact) mass is 228 g/mol. The van der Waals surface area contributed by atoms with Crippen molar-refractivity contribution in [3.05, 3.63) is 0 Å². The van der Waals surface area contributed by atoms with Crippen molar-refractivity contribution in [3.63, 3.8) is 0 Å². The largest absolute Gasteiger partial charge is 0.390 e. The highest BCUT2D eigenvalue weighted by atomic mass is 28.3. The first kappa shape index (κ1) is 11.6. The highest BCUT2D eigenvalue weighted by Gasteiger charge is 2.51. The maximum Gasteiger partial charge on any atom is 0.0835 e. The van der Waals surface area contributed by atoms with Gasteiger partial charge in [0.15, 0.2) is 0 Å². The van der Waals surface area contributed by atoms with Crippen LogP contribution in [-0.4, -0.2) is 30.6 Å². The van der Waals surface area contributed by atoms with E-state index >= 15 is 0 Å². The maximum absolute atomic E-state index is 10.4. The quantitative estimate of drug-likeness (QED) is 0.595. The van der Waals surface area contributed by atoms with Crippen molar-refractivity contribution >= 4 is 8.07 Å². The van der Waals surface area contributed by atoms with Crippen LogP contribution in [0.2, 0.25) is 19.6 Å². The summed E-state index contributed by atoms with van der Waals surface area (Å²) in [4.78, 5) is 0. The highest BCUT2D eigenvalue weighted by Crippen LogP contribution is 2.41. The van der Waals surface area contributed by atoms with E-state index in [1.54, 1.807) is 0 Å². The van der Waals surface area contributed by atoms with Crippen molar-refractivity contribution in [1.82, 2.24) is 0 Å². The van der Waals surface area contributed by atoms with E-state index in [0.29, 0.717) is 11.8 Å². The van der Waals surface area contributed by atoms with Crippen LogP contribution < -0.4 is 0 Å². The van der Waals surface area contributed by atoms with Crippen LogP contribution in [0.15, 0.2) is 0 Å². The van der Waals surface area contributed by atoms with Crippen molar-refractivity contribution in [3.8, 4) is 0 Å². The Bertz CT molecular complexity index is 228. The molecule has 2 nitrogen and oxygen atoms in total. The fraction of sp³-hybridized carbons (Fsp3) is 1.00. The van der Waals surface area contributed by atoms with E-state index in [1.807, 2.05) is 0 Å². The lowest BCUT2D eigenvalue weighted by Crippen LogP contribution is -2.36. The van der Waals surface area contributed by atoms with Crippen LogP contribution in [0.25, 0.3) is 0 Å². The molecule has 1 saturated carbocycles. The summed E-state index contributed by atoms with van der Waals surface area (Å²) < 4.78 is 5.75. The van der Waals surface area contributed by atoms with E-state index in [1.165, 1.54) is 19.3 Å². The second kappa shape index (κ2) is 3.86. The van der Waals surface area contributed by atoms with Gasteiger partial charge < -0.3 is 9.84 Å². The van der Waals surface area contributed by atoms with Crippen LogP contribution in [0.5, 0.6) is 0 Å². The second-order valence-corrected chi connectivity index (χ2v) is 11.8. The van der Waals surface area contributed by atoms with Gasteiger partial charge in [0.1, 0.15) is 0 Å². The SMILES string of the molecule is C[Si](C)(C)C1OC1CC1(O)CCCCC1. The molecule has 1 aliphatic heterocycles. The molecule has 1 N–H and O–H groups in total. The Balaban J connectivity index is 1.83. The van der Waals surface area contributed by atoms with Gasteiger partial charge in [-0.05, 0) is 12.8 Å². The Morgan fingerprint density at radius 2 is 1.80 bits per heavy atom. The minimum Gasteiger partial charge on any atom is -0.390 e. The molecule has 0 bridgehead atoms. The topological polar surface area (TPSA) is 32.8 Å². The molecule has 0 aromatic carbocycles. The molecular formula is C12H24O2Si. The smallest absolute Gasteiger partial charge is 0.0835 e. The summed E-state index contributed by atoms with van der Waals surface area (Å²) in [7, 11) is -1.14. The van der Waals surface area contributed by atoms with Gasteiger partial charge in [0.05, 0.1) is 25.5 Å². The van der Waals surface area contributed by atoms with Crippen molar-refractivity contribution in [2.24, 2.45) is 0 Å². The lowest BCUT2D eigenvalue weighted by Gasteiger charge is -2.31. The predicted octanol–water partition coefficient (Wildman–Crippen LogP) is 2.72. The summed E-state index contributed by atoms with van der Waals surface area (Å²) in [6.07, 6.45) is 6.94. The molecule has 2 rings (SSSR count). The van der Waals surface area contributed by atoms with Crippen LogP contribution in [-0.2, 0) is 4.74 Å². The molecule has 0 spiro atoms. The minimum atomic E-state index is -1.14. The standard InChI is InChI=1S/C12H24O2Si/c1-15(2,3)11-10(14-11)9-12(13)7-5-4-6-8-12/h10-11,13H,4-9H2,1-3H3. The van der Waals surface area contributed by atoms with E-state index in [0.717, 1.165) is 19.3 Å². The lowest BCUT2D eigenvalue weighted by atomic mass is 9.82. The first-order valence-corrected chi connectivity index (χ1v) is 9.86. The van der Waals surface area contributed by atoms with Crippen LogP contribution in [0.3, 0.4) is 0 Å². The number of ether oxygens (including phenoxy) is 1. The molecule has 2 aliphatic rings. The molecule has 0 aromatic heterocycles. The first-order valence-electron chi connectivity index (χ1n) is 6.29. The van der Waals surface area contributed by atoms with Gasteiger partial charge in [-0.2, -0.15) is 0 Å². The Morgan fingerprint density at radius 1 is 1.20 bits per heavy atom. The second-order valence-electron chi connectivity index (χ2n) is 6.45. The molecule has 1 saturated heterocycles. The molecule has 3 heteroatoms. The van der Waals surface area contributed by atoms with Crippen LogP contribution in [0, 0.1) is 0 Å². The summed E-state index contributed by atoms with van der Waals surface area (Å²) >= 11 is 0. The van der Waals surface area contributed by atoms with Gasteiger partial charge in [-0.25, -0.2) is 0 Å². The molecule has 0 amide bonds. The zero-order chi connectivity index (χ0) is 11.1. The Labute approximate surface area is 94.0 Å². The normalized spacial score (nSPS) is 35.2. The van der Waals surface area contributed by atoms with Crippen molar-refractivity contribution in [2.75, 3.05) is 0 Å². The molecule has 2 unspecified atom stereocenters. The number of epoxide rings is 1. The summed E-state index contributed by atoms with van der Waals surface area (Å²) in [5.74, 6) is 0. The molecule has 1 aliphatic carbocycles. The van der Waals surface area contributed by atoms with Gasteiger partial charge >= 0.3 is 0 Å². The minimum absolute atomic E-state index is 0.375. The zero-order valence-electron chi connectivity index (χ0n) is 10.3. The molecule has 0 aromatic rings. The summed E-state index contributed by atoms with van der Waals surface area (Å²) in [6.45, 7) is 7.05. The van der Waals surface area contributed by atoms with Crippen molar-refractivity contribution in [1.29, 1.82) is 0 Å². The Kier molecular flexibility index (Phi) is 2.99. The fourth-order valence-electron chi connectivity index (χ4n) is 2.85. The predicted molar refractivity (Wildman–Crippen MR) is 64.7 cm³/mol.